The van der Waals surface area contributed by atoms with Gasteiger partial charge in [0.1, 0.15) is 0 Å². The fraction of sp³-hybridized carbons (Fsp3) is 0.438. The van der Waals surface area contributed by atoms with Crippen LogP contribution in [0.3, 0.4) is 0 Å². The number of nitrogens with zero attached hydrogens (tertiary/aromatic N) is 4. The van der Waals surface area contributed by atoms with E-state index in [1.54, 1.807) is 6.20 Å². The quantitative estimate of drug-likeness (QED) is 0.932. The van der Waals surface area contributed by atoms with Gasteiger partial charge in [0.05, 0.1) is 6.20 Å². The van der Waals surface area contributed by atoms with Gasteiger partial charge in [-0.3, -0.25) is 0 Å². The van der Waals surface area contributed by atoms with Crippen molar-refractivity contribution in [2.24, 2.45) is 0 Å². The van der Waals surface area contributed by atoms with Crippen molar-refractivity contribution in [2.75, 3.05) is 16.8 Å². The number of rotatable bonds is 4. The van der Waals surface area contributed by atoms with Crippen LogP contribution in [-0.4, -0.2) is 27.8 Å². The Hall–Kier alpha value is -2.31. The predicted molar refractivity (Wildman–Crippen MR) is 84.7 cm³/mol. The molecule has 1 saturated heterocycles. The minimum Gasteiger partial charge on any atom is -0.352 e. The predicted octanol–water partition coefficient (Wildman–Crippen LogP) is 3.66. The van der Waals surface area contributed by atoms with Crippen LogP contribution in [0, 0.1) is 11.6 Å². The molecule has 23 heavy (non-hydrogen) atoms. The average Bonchev–Trinajstić information content (AvgIpc) is 2.58. The zero-order valence-corrected chi connectivity index (χ0v) is 13.0. The summed E-state index contributed by atoms with van der Waals surface area (Å²) in [6.07, 6.45) is 6.20. The normalized spacial score (nSPS) is 18.0. The maximum Gasteiger partial charge on any atom is 0.249 e. The molecule has 2 heterocycles. The van der Waals surface area contributed by atoms with Gasteiger partial charge in [-0.1, -0.05) is 6.92 Å². The van der Waals surface area contributed by atoms with E-state index >= 15 is 0 Å². The van der Waals surface area contributed by atoms with Crippen LogP contribution in [0.15, 0.2) is 24.4 Å². The first kappa shape index (κ1) is 15.6. The van der Waals surface area contributed by atoms with Gasteiger partial charge in [0.2, 0.25) is 5.95 Å². The minimum absolute atomic E-state index is 0.272. The Kier molecular flexibility index (Phi) is 4.64. The lowest BCUT2D eigenvalue weighted by Crippen LogP contribution is -2.39. The number of hydrogen-bond donors (Lipinski definition) is 1. The summed E-state index contributed by atoms with van der Waals surface area (Å²) < 4.78 is 26.2. The third-order valence-corrected chi connectivity index (χ3v) is 4.11. The molecule has 1 aliphatic rings. The summed E-state index contributed by atoms with van der Waals surface area (Å²) >= 11 is 0. The SMILES string of the molecule is CCC1CCCCN1c1cnnc(Nc2ccc(F)c(F)c2)n1. The summed E-state index contributed by atoms with van der Waals surface area (Å²) in [5, 5.41) is 10.8. The van der Waals surface area contributed by atoms with E-state index in [4.69, 9.17) is 0 Å². The Morgan fingerprint density at radius 3 is 2.91 bits per heavy atom. The number of anilines is 3. The molecule has 0 bridgehead atoms. The molecule has 5 nitrogen and oxygen atoms in total. The molecule has 1 aliphatic heterocycles. The highest BCUT2D eigenvalue weighted by molar-refractivity contribution is 5.54. The smallest absolute Gasteiger partial charge is 0.249 e. The Morgan fingerprint density at radius 1 is 1.26 bits per heavy atom. The first-order valence-corrected chi connectivity index (χ1v) is 7.86. The molecule has 1 unspecified atom stereocenters. The number of aromatic nitrogens is 3. The van der Waals surface area contributed by atoms with E-state index in [1.807, 2.05) is 0 Å². The van der Waals surface area contributed by atoms with Crippen molar-refractivity contribution in [3.8, 4) is 0 Å². The molecule has 0 amide bonds. The van der Waals surface area contributed by atoms with Crippen molar-refractivity contribution in [3.63, 3.8) is 0 Å². The first-order chi connectivity index (χ1) is 11.2. The maximum atomic E-state index is 13.3. The van der Waals surface area contributed by atoms with E-state index in [-0.39, 0.29) is 5.95 Å². The van der Waals surface area contributed by atoms with Crippen LogP contribution in [0.2, 0.25) is 0 Å². The van der Waals surface area contributed by atoms with Gasteiger partial charge in [0.25, 0.3) is 0 Å². The molecule has 0 spiro atoms. The van der Waals surface area contributed by atoms with Gasteiger partial charge in [-0.05, 0) is 37.8 Å². The van der Waals surface area contributed by atoms with Crippen molar-refractivity contribution in [1.29, 1.82) is 0 Å². The van der Waals surface area contributed by atoms with E-state index in [1.165, 1.54) is 12.5 Å². The molecule has 1 fully saturated rings. The molecule has 3 rings (SSSR count). The first-order valence-electron chi connectivity index (χ1n) is 7.86. The van der Waals surface area contributed by atoms with E-state index in [2.05, 4.69) is 32.3 Å². The van der Waals surface area contributed by atoms with Crippen molar-refractivity contribution >= 4 is 17.5 Å². The standard InChI is InChI=1S/C16H19F2N5/c1-2-12-5-3-4-8-23(12)15-10-19-22-16(21-15)20-11-6-7-13(17)14(18)9-11/h6-7,9-10,12H,2-5,8H2,1H3,(H,20,21,22). The van der Waals surface area contributed by atoms with Gasteiger partial charge in [0.15, 0.2) is 17.5 Å². The molecular formula is C16H19F2N5. The number of halogens is 2. The highest BCUT2D eigenvalue weighted by atomic mass is 19.2. The second-order valence-corrected chi connectivity index (χ2v) is 5.64. The van der Waals surface area contributed by atoms with E-state index in [0.29, 0.717) is 11.7 Å². The summed E-state index contributed by atoms with van der Waals surface area (Å²) in [5.74, 6) is -0.769. The fourth-order valence-electron chi connectivity index (χ4n) is 2.92. The Labute approximate surface area is 133 Å². The molecule has 1 aromatic heterocycles. The molecule has 1 N–H and O–H groups in total. The minimum atomic E-state index is -0.916. The molecule has 2 aromatic rings. The molecule has 1 atom stereocenters. The third-order valence-electron chi connectivity index (χ3n) is 4.11. The molecule has 0 saturated carbocycles. The van der Waals surface area contributed by atoms with Crippen LogP contribution in [0.1, 0.15) is 32.6 Å². The van der Waals surface area contributed by atoms with Crippen LogP contribution >= 0.6 is 0 Å². The lowest BCUT2D eigenvalue weighted by atomic mass is 10.0. The van der Waals surface area contributed by atoms with E-state index in [0.717, 1.165) is 43.8 Å². The summed E-state index contributed by atoms with van der Waals surface area (Å²) in [6.45, 7) is 3.11. The number of piperidine rings is 1. The van der Waals surface area contributed by atoms with Gasteiger partial charge in [-0.15, -0.1) is 5.10 Å². The number of nitrogens with one attached hydrogen (secondary N) is 1. The van der Waals surface area contributed by atoms with Crippen molar-refractivity contribution in [1.82, 2.24) is 15.2 Å². The second kappa shape index (κ2) is 6.85. The lowest BCUT2D eigenvalue weighted by molar-refractivity contribution is 0.446. The van der Waals surface area contributed by atoms with Crippen LogP contribution in [0.5, 0.6) is 0 Å². The zero-order valence-electron chi connectivity index (χ0n) is 13.0. The number of benzene rings is 1. The summed E-state index contributed by atoms with van der Waals surface area (Å²) in [6, 6.07) is 4.02. The van der Waals surface area contributed by atoms with Gasteiger partial charge in [-0.25, -0.2) is 8.78 Å². The monoisotopic (exact) mass is 319 g/mol. The second-order valence-electron chi connectivity index (χ2n) is 5.64. The Morgan fingerprint density at radius 2 is 2.13 bits per heavy atom. The third kappa shape index (κ3) is 3.55. The van der Waals surface area contributed by atoms with Gasteiger partial charge in [0, 0.05) is 24.3 Å². The Bertz CT molecular complexity index is 679. The average molecular weight is 319 g/mol. The van der Waals surface area contributed by atoms with E-state index < -0.39 is 11.6 Å². The lowest BCUT2D eigenvalue weighted by Gasteiger charge is -2.35. The summed E-state index contributed by atoms with van der Waals surface area (Å²) in [5.41, 5.74) is 0.383. The van der Waals surface area contributed by atoms with Crippen molar-refractivity contribution in [2.45, 2.75) is 38.6 Å². The highest BCUT2D eigenvalue weighted by Gasteiger charge is 2.22. The molecule has 7 heteroatoms. The molecule has 0 radical (unpaired) electrons. The van der Waals surface area contributed by atoms with Crippen LogP contribution in [-0.2, 0) is 0 Å². The van der Waals surface area contributed by atoms with Crippen molar-refractivity contribution < 1.29 is 8.78 Å². The molecule has 122 valence electrons. The molecule has 1 aromatic carbocycles. The topological polar surface area (TPSA) is 53.9 Å². The maximum absolute atomic E-state index is 13.3. The van der Waals surface area contributed by atoms with Gasteiger partial charge < -0.3 is 10.2 Å². The fourth-order valence-corrected chi connectivity index (χ4v) is 2.92. The highest BCUT2D eigenvalue weighted by Crippen LogP contribution is 2.25. The van der Waals surface area contributed by atoms with Crippen LogP contribution in [0.25, 0.3) is 0 Å². The summed E-state index contributed by atoms with van der Waals surface area (Å²) in [7, 11) is 0. The van der Waals surface area contributed by atoms with Crippen molar-refractivity contribution in [3.05, 3.63) is 36.0 Å². The largest absolute Gasteiger partial charge is 0.352 e. The summed E-state index contributed by atoms with van der Waals surface area (Å²) in [4.78, 5) is 6.71. The zero-order chi connectivity index (χ0) is 16.2. The molecule has 0 aliphatic carbocycles. The van der Waals surface area contributed by atoms with E-state index in [9.17, 15) is 8.78 Å². The van der Waals surface area contributed by atoms with Gasteiger partial charge >= 0.3 is 0 Å². The van der Waals surface area contributed by atoms with Crippen LogP contribution < -0.4 is 10.2 Å². The Balaban J connectivity index is 1.80. The van der Waals surface area contributed by atoms with Crippen LogP contribution in [0.4, 0.5) is 26.2 Å². The number of hydrogen-bond acceptors (Lipinski definition) is 5. The van der Waals surface area contributed by atoms with Gasteiger partial charge in [-0.2, -0.15) is 10.1 Å². The molecular weight excluding hydrogens is 300 g/mol.